The molecule has 7 nitrogen and oxygen atoms in total. The van der Waals surface area contributed by atoms with Crippen LogP contribution in [0.2, 0.25) is 0 Å². The topological polar surface area (TPSA) is 72.9 Å². The first kappa shape index (κ1) is 14.3. The van der Waals surface area contributed by atoms with E-state index >= 15 is 0 Å². The highest BCUT2D eigenvalue weighted by molar-refractivity contribution is 5.63. The number of anilines is 2. The number of nitrogens with zero attached hydrogens (tertiary/aromatic N) is 6. The molecule has 0 amide bonds. The van der Waals surface area contributed by atoms with Gasteiger partial charge in [0.2, 0.25) is 0 Å². The molecule has 22 heavy (non-hydrogen) atoms. The minimum atomic E-state index is -4.63. The Kier molecular flexibility index (Phi) is 3.04. The molecule has 0 fully saturated rings. The van der Waals surface area contributed by atoms with Crippen molar-refractivity contribution in [1.82, 2.24) is 29.6 Å². The van der Waals surface area contributed by atoms with Crippen molar-refractivity contribution in [2.45, 2.75) is 20.0 Å². The molecule has 0 atom stereocenters. The molecular formula is C12H12F3N7. The Balaban J connectivity index is 2.16. The van der Waals surface area contributed by atoms with Gasteiger partial charge in [0, 0.05) is 24.4 Å². The highest BCUT2D eigenvalue weighted by Gasteiger charge is 2.38. The number of aryl methyl sites for hydroxylation is 2. The largest absolute Gasteiger partial charge is 0.453 e. The fourth-order valence-corrected chi connectivity index (χ4v) is 2.05. The molecule has 3 heterocycles. The fourth-order valence-electron chi connectivity index (χ4n) is 2.05. The van der Waals surface area contributed by atoms with Gasteiger partial charge in [0.05, 0.1) is 11.9 Å². The van der Waals surface area contributed by atoms with Crippen LogP contribution >= 0.6 is 0 Å². The van der Waals surface area contributed by atoms with Crippen molar-refractivity contribution in [3.8, 4) is 0 Å². The molecule has 0 aliphatic heterocycles. The first-order valence-electron chi connectivity index (χ1n) is 6.33. The third kappa shape index (κ3) is 2.26. The van der Waals surface area contributed by atoms with Crippen molar-refractivity contribution >= 4 is 17.2 Å². The number of rotatable bonds is 2. The van der Waals surface area contributed by atoms with E-state index in [1.807, 2.05) is 0 Å². The molecule has 0 radical (unpaired) electrons. The lowest BCUT2D eigenvalue weighted by Crippen LogP contribution is -2.14. The van der Waals surface area contributed by atoms with Crippen LogP contribution in [0.4, 0.5) is 24.7 Å². The summed E-state index contributed by atoms with van der Waals surface area (Å²) in [6.45, 7) is 3.43. The molecule has 3 rings (SSSR count). The summed E-state index contributed by atoms with van der Waals surface area (Å²) in [6, 6.07) is 0. The van der Waals surface area contributed by atoms with Crippen LogP contribution in [0.3, 0.4) is 0 Å². The van der Waals surface area contributed by atoms with E-state index in [-0.39, 0.29) is 5.65 Å². The first-order valence-corrected chi connectivity index (χ1v) is 6.33. The Morgan fingerprint density at radius 1 is 1.14 bits per heavy atom. The molecule has 3 aromatic rings. The molecule has 1 N–H and O–H groups in total. The van der Waals surface area contributed by atoms with Crippen molar-refractivity contribution in [2.75, 3.05) is 5.32 Å². The van der Waals surface area contributed by atoms with Crippen LogP contribution in [0.5, 0.6) is 0 Å². The zero-order valence-electron chi connectivity index (χ0n) is 12.0. The third-order valence-corrected chi connectivity index (χ3v) is 3.31. The zero-order chi connectivity index (χ0) is 16.1. The number of halogens is 3. The monoisotopic (exact) mass is 311 g/mol. The van der Waals surface area contributed by atoms with Crippen molar-refractivity contribution in [3.05, 3.63) is 29.3 Å². The summed E-state index contributed by atoms with van der Waals surface area (Å²) < 4.78 is 41.1. The zero-order valence-corrected chi connectivity index (χ0v) is 12.0. The third-order valence-electron chi connectivity index (χ3n) is 3.31. The first-order chi connectivity index (χ1) is 10.3. The molecule has 116 valence electrons. The van der Waals surface area contributed by atoms with Crippen LogP contribution in [0, 0.1) is 13.8 Å². The molecular weight excluding hydrogens is 299 g/mol. The molecule has 0 unspecified atom stereocenters. The van der Waals surface area contributed by atoms with Gasteiger partial charge in [-0.25, -0.2) is 0 Å². The number of aromatic nitrogens is 6. The minimum Gasteiger partial charge on any atom is -0.336 e. The molecule has 10 heteroatoms. The van der Waals surface area contributed by atoms with Gasteiger partial charge in [0.1, 0.15) is 0 Å². The second-order valence-electron chi connectivity index (χ2n) is 4.88. The number of alkyl halides is 3. The Morgan fingerprint density at radius 2 is 1.86 bits per heavy atom. The van der Waals surface area contributed by atoms with Gasteiger partial charge in [-0.1, -0.05) is 0 Å². The summed E-state index contributed by atoms with van der Waals surface area (Å²) in [6.07, 6.45) is -1.38. The average molecular weight is 311 g/mol. The van der Waals surface area contributed by atoms with Gasteiger partial charge in [-0.15, -0.1) is 15.3 Å². The molecule has 0 aliphatic carbocycles. The van der Waals surface area contributed by atoms with Gasteiger partial charge in [-0.3, -0.25) is 4.68 Å². The second-order valence-corrected chi connectivity index (χ2v) is 4.88. The summed E-state index contributed by atoms with van der Waals surface area (Å²) in [5, 5.41) is 17.7. The number of hydrogen-bond acceptors (Lipinski definition) is 5. The lowest BCUT2D eigenvalue weighted by atomic mass is 10.2. The molecule has 0 saturated carbocycles. The van der Waals surface area contributed by atoms with Crippen LogP contribution in [-0.4, -0.2) is 29.6 Å². The highest BCUT2D eigenvalue weighted by Crippen LogP contribution is 2.30. The van der Waals surface area contributed by atoms with E-state index in [4.69, 9.17) is 0 Å². The molecule has 0 aliphatic rings. The van der Waals surface area contributed by atoms with E-state index in [9.17, 15) is 13.2 Å². The van der Waals surface area contributed by atoms with Gasteiger partial charge in [-0.2, -0.15) is 22.8 Å². The molecule has 3 aromatic heterocycles. The maximum atomic E-state index is 12.9. The molecule has 0 bridgehead atoms. The lowest BCUT2D eigenvalue weighted by Gasteiger charge is -2.11. The number of fused-ring (bicyclic) bond motifs is 1. The normalized spacial score (nSPS) is 12.1. The van der Waals surface area contributed by atoms with Crippen LogP contribution in [0.15, 0.2) is 12.4 Å². The minimum absolute atomic E-state index is 0.0848. The average Bonchev–Trinajstić information content (AvgIpc) is 3.01. The number of nitrogens with one attached hydrogen (secondary N) is 1. The van der Waals surface area contributed by atoms with Crippen molar-refractivity contribution in [3.63, 3.8) is 0 Å². The summed E-state index contributed by atoms with van der Waals surface area (Å²) >= 11 is 0. The van der Waals surface area contributed by atoms with E-state index in [1.54, 1.807) is 38.0 Å². The standard InChI is InChI=1S/C12H12F3N7/c1-6-7(2)10-18-19-11(12(13,14)15)22(10)20-9(6)17-8-4-16-21(3)5-8/h4-5H,1-3H3,(H,17,20). The van der Waals surface area contributed by atoms with Crippen molar-refractivity contribution in [2.24, 2.45) is 7.05 Å². The van der Waals surface area contributed by atoms with Gasteiger partial charge in [-0.05, 0) is 13.8 Å². The number of hydrogen-bond donors (Lipinski definition) is 1. The Morgan fingerprint density at radius 3 is 2.45 bits per heavy atom. The molecule has 0 aromatic carbocycles. The van der Waals surface area contributed by atoms with Crippen molar-refractivity contribution in [1.29, 1.82) is 0 Å². The summed E-state index contributed by atoms with van der Waals surface area (Å²) in [7, 11) is 1.74. The molecule has 0 saturated heterocycles. The fraction of sp³-hybridized carbons (Fsp3) is 0.333. The maximum absolute atomic E-state index is 12.9. The Hall–Kier alpha value is -2.65. The van der Waals surface area contributed by atoms with Gasteiger partial charge < -0.3 is 5.32 Å². The van der Waals surface area contributed by atoms with Crippen molar-refractivity contribution < 1.29 is 13.2 Å². The van der Waals surface area contributed by atoms with Crippen LogP contribution in [0.25, 0.3) is 5.65 Å². The quantitative estimate of drug-likeness (QED) is 0.786. The highest BCUT2D eigenvalue weighted by atomic mass is 19.4. The smallest absolute Gasteiger partial charge is 0.336 e. The van der Waals surface area contributed by atoms with Crippen LogP contribution in [0.1, 0.15) is 17.0 Å². The van der Waals surface area contributed by atoms with Crippen LogP contribution in [-0.2, 0) is 13.2 Å². The second kappa shape index (κ2) is 4.68. The van der Waals surface area contributed by atoms with E-state index in [2.05, 4.69) is 25.7 Å². The van der Waals surface area contributed by atoms with Crippen LogP contribution < -0.4 is 5.32 Å². The van der Waals surface area contributed by atoms with Gasteiger partial charge in [0.15, 0.2) is 11.5 Å². The van der Waals surface area contributed by atoms with E-state index in [0.717, 1.165) is 0 Å². The maximum Gasteiger partial charge on any atom is 0.453 e. The summed E-state index contributed by atoms with van der Waals surface area (Å²) in [5.41, 5.74) is 1.97. The Bertz CT molecular complexity index is 846. The van der Waals surface area contributed by atoms with Gasteiger partial charge in [0.25, 0.3) is 5.82 Å². The van der Waals surface area contributed by atoms with E-state index in [1.165, 1.54) is 0 Å². The Labute approximate surface area is 122 Å². The molecule has 0 spiro atoms. The summed E-state index contributed by atoms with van der Waals surface area (Å²) in [5.74, 6) is -0.858. The predicted molar refractivity (Wildman–Crippen MR) is 71.7 cm³/mol. The summed E-state index contributed by atoms with van der Waals surface area (Å²) in [4.78, 5) is 0. The SMILES string of the molecule is Cc1c(Nc2cnn(C)c2)nn2c(C(F)(F)F)nnc2c1C. The predicted octanol–water partition coefficient (Wildman–Crippen LogP) is 2.24. The van der Waals surface area contributed by atoms with E-state index < -0.39 is 12.0 Å². The van der Waals surface area contributed by atoms with E-state index in [0.29, 0.717) is 27.1 Å². The van der Waals surface area contributed by atoms with Gasteiger partial charge >= 0.3 is 6.18 Å². The lowest BCUT2D eigenvalue weighted by molar-refractivity contribution is -0.146.